The second kappa shape index (κ2) is 8.61. The highest BCUT2D eigenvalue weighted by molar-refractivity contribution is 5.97. The third-order valence-electron chi connectivity index (χ3n) is 2.86. The van der Waals surface area contributed by atoms with E-state index in [2.05, 4.69) is 11.9 Å². The van der Waals surface area contributed by atoms with Gasteiger partial charge in [0.05, 0.1) is 0 Å². The Morgan fingerprint density at radius 1 is 1.41 bits per heavy atom. The zero-order chi connectivity index (χ0) is 16.5. The molecule has 1 amide bonds. The number of benzene rings is 1. The number of hydrogen-bond acceptors (Lipinski definition) is 4. The summed E-state index contributed by atoms with van der Waals surface area (Å²) in [5, 5.41) is 11.6. The number of carbonyl (C=O) groups is 3. The van der Waals surface area contributed by atoms with Crippen LogP contribution in [-0.2, 0) is 9.59 Å². The number of carboxylic acid groups (broad SMARTS) is 1. The van der Waals surface area contributed by atoms with Crippen molar-refractivity contribution in [1.29, 1.82) is 0 Å². The lowest BCUT2D eigenvalue weighted by Gasteiger charge is -2.14. The molecule has 0 radical (unpaired) electrons. The molecule has 1 aromatic rings. The Labute approximate surface area is 128 Å². The van der Waals surface area contributed by atoms with E-state index in [0.29, 0.717) is 19.3 Å². The minimum Gasteiger partial charge on any atom is -0.480 e. The van der Waals surface area contributed by atoms with Gasteiger partial charge in [0.2, 0.25) is 0 Å². The first-order valence-corrected chi connectivity index (χ1v) is 6.87. The molecule has 1 aromatic carbocycles. The molecule has 0 bridgehead atoms. The van der Waals surface area contributed by atoms with Crippen molar-refractivity contribution in [3.8, 4) is 5.75 Å². The van der Waals surface area contributed by atoms with Gasteiger partial charge in [-0.05, 0) is 37.5 Å². The van der Waals surface area contributed by atoms with Gasteiger partial charge in [-0.2, -0.15) is 0 Å². The molecule has 1 atom stereocenters. The number of esters is 1. The van der Waals surface area contributed by atoms with Gasteiger partial charge in [0.25, 0.3) is 5.91 Å². The number of rotatable bonds is 8. The van der Waals surface area contributed by atoms with Gasteiger partial charge in [-0.3, -0.25) is 9.59 Å². The van der Waals surface area contributed by atoms with Crippen LogP contribution in [0.4, 0.5) is 0 Å². The number of unbranched alkanes of at least 4 members (excludes halogenated alkanes) is 1. The molecule has 0 heterocycles. The van der Waals surface area contributed by atoms with Crippen LogP contribution < -0.4 is 10.1 Å². The van der Waals surface area contributed by atoms with E-state index in [1.807, 2.05) is 0 Å². The van der Waals surface area contributed by atoms with E-state index in [0.717, 1.165) is 0 Å². The molecule has 22 heavy (non-hydrogen) atoms. The van der Waals surface area contributed by atoms with Crippen LogP contribution in [0, 0.1) is 0 Å². The predicted octanol–water partition coefficient (Wildman–Crippen LogP) is 2.15. The molecular weight excluding hydrogens is 286 g/mol. The summed E-state index contributed by atoms with van der Waals surface area (Å²) in [5.74, 6) is -1.88. The Morgan fingerprint density at radius 2 is 2.14 bits per heavy atom. The van der Waals surface area contributed by atoms with Gasteiger partial charge in [0, 0.05) is 12.5 Å². The Hall–Kier alpha value is -2.63. The van der Waals surface area contributed by atoms with Gasteiger partial charge in [0.1, 0.15) is 11.8 Å². The van der Waals surface area contributed by atoms with Crippen LogP contribution in [-0.4, -0.2) is 29.0 Å². The lowest BCUT2D eigenvalue weighted by Crippen LogP contribution is -2.40. The molecular formula is C16H19NO5. The van der Waals surface area contributed by atoms with Crippen molar-refractivity contribution < 1.29 is 24.2 Å². The predicted molar refractivity (Wildman–Crippen MR) is 80.7 cm³/mol. The van der Waals surface area contributed by atoms with E-state index >= 15 is 0 Å². The van der Waals surface area contributed by atoms with Crippen molar-refractivity contribution in [1.82, 2.24) is 5.32 Å². The van der Waals surface area contributed by atoms with E-state index in [1.54, 1.807) is 12.1 Å². The van der Waals surface area contributed by atoms with Crippen LogP contribution in [0.2, 0.25) is 0 Å². The van der Waals surface area contributed by atoms with Gasteiger partial charge in [0.15, 0.2) is 0 Å². The number of ether oxygens (including phenoxy) is 1. The smallest absolute Gasteiger partial charge is 0.326 e. The molecule has 118 valence electrons. The molecule has 0 aliphatic rings. The summed E-state index contributed by atoms with van der Waals surface area (Å²) < 4.78 is 4.89. The summed E-state index contributed by atoms with van der Waals surface area (Å²) in [6, 6.07) is 5.03. The lowest BCUT2D eigenvalue weighted by molar-refractivity contribution is -0.139. The molecule has 0 saturated heterocycles. The maximum absolute atomic E-state index is 12.1. The summed E-state index contributed by atoms with van der Waals surface area (Å²) in [4.78, 5) is 34.2. The summed E-state index contributed by atoms with van der Waals surface area (Å²) in [6.07, 6.45) is 3.32. The standard InChI is InChI=1S/C16H19NO5/c1-3-4-5-9-14(16(20)21)17-15(19)12-7-6-8-13(10-12)22-11(2)18/h3,6-8,10,14H,1,4-5,9H2,2H3,(H,17,19)(H,20,21)/t14-/m1/s1. The molecule has 0 saturated carbocycles. The van der Waals surface area contributed by atoms with Crippen LogP contribution in [0.3, 0.4) is 0 Å². The number of hydrogen-bond donors (Lipinski definition) is 2. The molecule has 1 rings (SSSR count). The van der Waals surface area contributed by atoms with Gasteiger partial charge < -0.3 is 15.2 Å². The summed E-state index contributed by atoms with van der Waals surface area (Å²) in [6.45, 7) is 4.82. The minimum absolute atomic E-state index is 0.230. The van der Waals surface area contributed by atoms with Gasteiger partial charge >= 0.3 is 11.9 Å². The number of aliphatic carboxylic acids is 1. The summed E-state index contributed by atoms with van der Waals surface area (Å²) in [5.41, 5.74) is 0.230. The Bertz CT molecular complexity index is 567. The second-order valence-corrected chi connectivity index (χ2v) is 4.71. The molecule has 6 nitrogen and oxygen atoms in total. The van der Waals surface area contributed by atoms with Crippen molar-refractivity contribution in [3.05, 3.63) is 42.5 Å². The molecule has 0 aliphatic carbocycles. The zero-order valence-electron chi connectivity index (χ0n) is 12.4. The number of carboxylic acids is 1. The quantitative estimate of drug-likeness (QED) is 0.332. The third-order valence-corrected chi connectivity index (χ3v) is 2.86. The monoisotopic (exact) mass is 305 g/mol. The van der Waals surface area contributed by atoms with E-state index in [4.69, 9.17) is 9.84 Å². The number of carbonyl (C=O) groups excluding carboxylic acids is 2. The van der Waals surface area contributed by atoms with Gasteiger partial charge in [-0.1, -0.05) is 12.1 Å². The summed E-state index contributed by atoms with van der Waals surface area (Å²) in [7, 11) is 0. The van der Waals surface area contributed by atoms with Crippen LogP contribution in [0.5, 0.6) is 5.75 Å². The van der Waals surface area contributed by atoms with Crippen molar-refractivity contribution in [3.63, 3.8) is 0 Å². The average molecular weight is 305 g/mol. The maximum atomic E-state index is 12.1. The number of allylic oxidation sites excluding steroid dienone is 1. The maximum Gasteiger partial charge on any atom is 0.326 e. The van der Waals surface area contributed by atoms with Gasteiger partial charge in [-0.15, -0.1) is 6.58 Å². The van der Waals surface area contributed by atoms with Crippen LogP contribution in [0.1, 0.15) is 36.5 Å². The normalized spacial score (nSPS) is 11.3. The fourth-order valence-corrected chi connectivity index (χ4v) is 1.83. The Morgan fingerprint density at radius 3 is 2.73 bits per heavy atom. The first-order valence-electron chi connectivity index (χ1n) is 6.87. The molecule has 0 fully saturated rings. The van der Waals surface area contributed by atoms with E-state index in [-0.39, 0.29) is 11.3 Å². The highest BCUT2D eigenvalue weighted by Gasteiger charge is 2.20. The van der Waals surface area contributed by atoms with Crippen LogP contribution in [0.15, 0.2) is 36.9 Å². The molecule has 0 aromatic heterocycles. The fourth-order valence-electron chi connectivity index (χ4n) is 1.83. The average Bonchev–Trinajstić information content (AvgIpc) is 2.45. The second-order valence-electron chi connectivity index (χ2n) is 4.71. The van der Waals surface area contributed by atoms with E-state index in [9.17, 15) is 14.4 Å². The first kappa shape index (κ1) is 17.4. The molecule has 0 unspecified atom stereocenters. The number of nitrogens with one attached hydrogen (secondary N) is 1. The molecule has 0 spiro atoms. The SMILES string of the molecule is C=CCCC[C@@H](NC(=O)c1cccc(OC(C)=O)c1)C(=O)O. The highest BCUT2D eigenvalue weighted by atomic mass is 16.5. The first-order chi connectivity index (χ1) is 10.4. The largest absolute Gasteiger partial charge is 0.480 e. The zero-order valence-corrected chi connectivity index (χ0v) is 12.4. The lowest BCUT2D eigenvalue weighted by atomic mass is 10.1. The van der Waals surface area contributed by atoms with Crippen molar-refractivity contribution in [2.45, 2.75) is 32.2 Å². The van der Waals surface area contributed by atoms with Gasteiger partial charge in [-0.25, -0.2) is 4.79 Å². The van der Waals surface area contributed by atoms with Crippen LogP contribution in [0.25, 0.3) is 0 Å². The van der Waals surface area contributed by atoms with E-state index < -0.39 is 23.9 Å². The Kier molecular flexibility index (Phi) is 6.82. The fraction of sp³-hybridized carbons (Fsp3) is 0.312. The highest BCUT2D eigenvalue weighted by Crippen LogP contribution is 2.14. The molecule has 6 heteroatoms. The van der Waals surface area contributed by atoms with Crippen molar-refractivity contribution in [2.24, 2.45) is 0 Å². The Balaban J connectivity index is 2.74. The van der Waals surface area contributed by atoms with Crippen molar-refractivity contribution in [2.75, 3.05) is 0 Å². The molecule has 2 N–H and O–H groups in total. The number of amides is 1. The van der Waals surface area contributed by atoms with Crippen LogP contribution >= 0.6 is 0 Å². The minimum atomic E-state index is -1.09. The van der Waals surface area contributed by atoms with Crippen molar-refractivity contribution >= 4 is 17.8 Å². The van der Waals surface area contributed by atoms with E-state index in [1.165, 1.54) is 25.1 Å². The third kappa shape index (κ3) is 5.78. The topological polar surface area (TPSA) is 92.7 Å². The summed E-state index contributed by atoms with van der Waals surface area (Å²) >= 11 is 0. The molecule has 0 aliphatic heterocycles.